The van der Waals surface area contributed by atoms with Crippen molar-refractivity contribution in [3.63, 3.8) is 0 Å². The molecule has 4 heteroatoms. The summed E-state index contributed by atoms with van der Waals surface area (Å²) in [7, 11) is 1.88. The van der Waals surface area contributed by atoms with E-state index >= 15 is 0 Å². The van der Waals surface area contributed by atoms with Crippen LogP contribution in [0, 0.1) is 5.41 Å². The van der Waals surface area contributed by atoms with Crippen molar-refractivity contribution in [3.05, 3.63) is 5.69 Å². The van der Waals surface area contributed by atoms with Crippen molar-refractivity contribution in [1.82, 2.24) is 9.78 Å². The lowest BCUT2D eigenvalue weighted by atomic mass is 9.93. The molecule has 0 amide bonds. The molecule has 0 aliphatic carbocycles. The highest BCUT2D eigenvalue weighted by Crippen LogP contribution is 2.26. The van der Waals surface area contributed by atoms with Gasteiger partial charge in [0.05, 0.1) is 12.3 Å². The van der Waals surface area contributed by atoms with Crippen LogP contribution in [0.4, 0.5) is 5.69 Å². The van der Waals surface area contributed by atoms with Crippen LogP contribution >= 0.6 is 0 Å². The number of hydrogen-bond donors (Lipinski definition) is 1. The highest BCUT2D eigenvalue weighted by Gasteiger charge is 2.15. The Kier molecular flexibility index (Phi) is 4.43. The minimum Gasteiger partial charge on any atom is -0.476 e. The predicted molar refractivity (Wildman–Crippen MR) is 71.2 cm³/mol. The van der Waals surface area contributed by atoms with E-state index in [1.165, 1.54) is 0 Å². The largest absolute Gasteiger partial charge is 0.476 e. The minimum atomic E-state index is 0.277. The lowest BCUT2D eigenvalue weighted by Gasteiger charge is -2.18. The number of nitrogens with two attached hydrogens (primary N) is 1. The Morgan fingerprint density at radius 2 is 2.00 bits per heavy atom. The fourth-order valence-electron chi connectivity index (χ4n) is 1.62. The average molecular weight is 239 g/mol. The van der Waals surface area contributed by atoms with Crippen molar-refractivity contribution in [3.8, 4) is 5.88 Å². The topological polar surface area (TPSA) is 53.1 Å². The monoisotopic (exact) mass is 239 g/mol. The van der Waals surface area contributed by atoms with E-state index in [4.69, 9.17) is 10.5 Å². The molecule has 0 fully saturated rings. The molecule has 0 unspecified atom stereocenters. The Bertz CT molecular complexity index is 363. The van der Waals surface area contributed by atoms with E-state index in [1.54, 1.807) is 4.68 Å². The van der Waals surface area contributed by atoms with Gasteiger partial charge in [-0.25, -0.2) is 4.68 Å². The van der Waals surface area contributed by atoms with Crippen LogP contribution in [-0.2, 0) is 13.5 Å². The summed E-state index contributed by atoms with van der Waals surface area (Å²) in [6, 6.07) is 0. The number of aryl methyl sites for hydroxylation is 2. The average Bonchev–Trinajstić information content (AvgIpc) is 2.44. The summed E-state index contributed by atoms with van der Waals surface area (Å²) in [6.45, 7) is 9.40. The first-order valence-electron chi connectivity index (χ1n) is 6.29. The van der Waals surface area contributed by atoms with Gasteiger partial charge >= 0.3 is 0 Å². The SMILES string of the molecule is CCCc1nn(C)c(OCCC(C)(C)C)c1N. The first kappa shape index (κ1) is 13.9. The van der Waals surface area contributed by atoms with Crippen molar-refractivity contribution < 1.29 is 4.74 Å². The van der Waals surface area contributed by atoms with Crippen molar-refractivity contribution in [2.45, 2.75) is 47.0 Å². The zero-order chi connectivity index (χ0) is 13.1. The number of aromatic nitrogens is 2. The molecule has 2 N–H and O–H groups in total. The molecule has 0 radical (unpaired) electrons. The van der Waals surface area contributed by atoms with E-state index in [2.05, 4.69) is 32.8 Å². The van der Waals surface area contributed by atoms with Gasteiger partial charge in [0.1, 0.15) is 5.69 Å². The van der Waals surface area contributed by atoms with Crippen LogP contribution in [0.5, 0.6) is 5.88 Å². The lowest BCUT2D eigenvalue weighted by Crippen LogP contribution is -2.12. The molecule has 1 heterocycles. The third kappa shape index (κ3) is 3.95. The first-order valence-corrected chi connectivity index (χ1v) is 6.29. The standard InChI is InChI=1S/C13H25N3O/c1-6-7-10-11(14)12(16(5)15-10)17-9-8-13(2,3)4/h6-9,14H2,1-5H3. The molecule has 0 aliphatic heterocycles. The van der Waals surface area contributed by atoms with Gasteiger partial charge < -0.3 is 10.5 Å². The molecule has 1 rings (SSSR count). The maximum Gasteiger partial charge on any atom is 0.235 e. The third-order valence-corrected chi connectivity index (χ3v) is 2.68. The Morgan fingerprint density at radius 3 is 2.53 bits per heavy atom. The predicted octanol–water partition coefficient (Wildman–Crippen LogP) is 2.77. The van der Waals surface area contributed by atoms with Gasteiger partial charge in [-0.05, 0) is 18.3 Å². The van der Waals surface area contributed by atoms with Crippen LogP contribution in [0.15, 0.2) is 0 Å². The van der Waals surface area contributed by atoms with Gasteiger partial charge in [0.15, 0.2) is 0 Å². The van der Waals surface area contributed by atoms with Gasteiger partial charge in [0.2, 0.25) is 5.88 Å². The molecule has 1 aromatic heterocycles. The smallest absolute Gasteiger partial charge is 0.235 e. The van der Waals surface area contributed by atoms with Crippen molar-refractivity contribution in [2.24, 2.45) is 12.5 Å². The van der Waals surface area contributed by atoms with E-state index < -0.39 is 0 Å². The van der Waals surface area contributed by atoms with Crippen LogP contribution < -0.4 is 10.5 Å². The molecule has 17 heavy (non-hydrogen) atoms. The number of nitrogens with zero attached hydrogens (tertiary/aromatic N) is 2. The first-order chi connectivity index (χ1) is 7.85. The van der Waals surface area contributed by atoms with Crippen molar-refractivity contribution in [1.29, 1.82) is 0 Å². The second kappa shape index (κ2) is 5.43. The maximum atomic E-state index is 6.03. The Labute approximate surface area is 104 Å². The summed E-state index contributed by atoms with van der Waals surface area (Å²) >= 11 is 0. The second-order valence-corrected chi connectivity index (χ2v) is 5.70. The van der Waals surface area contributed by atoms with Crippen LogP contribution in [0.1, 0.15) is 46.2 Å². The second-order valence-electron chi connectivity index (χ2n) is 5.70. The molecule has 0 bridgehead atoms. The van der Waals surface area contributed by atoms with Crippen LogP contribution in [0.2, 0.25) is 0 Å². The molecular formula is C13H25N3O. The van der Waals surface area contributed by atoms with Crippen LogP contribution in [0.3, 0.4) is 0 Å². The molecule has 0 aromatic carbocycles. The molecule has 0 aliphatic rings. The molecule has 0 saturated heterocycles. The summed E-state index contributed by atoms with van der Waals surface area (Å²) in [5, 5.41) is 4.38. The van der Waals surface area contributed by atoms with E-state index in [0.717, 1.165) is 25.0 Å². The van der Waals surface area contributed by atoms with E-state index in [0.29, 0.717) is 18.2 Å². The Balaban J connectivity index is 2.65. The summed E-state index contributed by atoms with van der Waals surface area (Å²) in [4.78, 5) is 0. The Hall–Kier alpha value is -1.19. The van der Waals surface area contributed by atoms with Crippen molar-refractivity contribution >= 4 is 5.69 Å². The molecular weight excluding hydrogens is 214 g/mol. The number of rotatable bonds is 5. The molecule has 0 saturated carbocycles. The molecule has 98 valence electrons. The highest BCUT2D eigenvalue weighted by atomic mass is 16.5. The van der Waals surface area contributed by atoms with E-state index in [-0.39, 0.29) is 5.41 Å². The lowest BCUT2D eigenvalue weighted by molar-refractivity contribution is 0.229. The van der Waals surface area contributed by atoms with Crippen LogP contribution in [0.25, 0.3) is 0 Å². The number of anilines is 1. The van der Waals surface area contributed by atoms with Gasteiger partial charge in [-0.1, -0.05) is 34.1 Å². The molecule has 0 atom stereocenters. The van der Waals surface area contributed by atoms with Crippen molar-refractivity contribution in [2.75, 3.05) is 12.3 Å². The molecule has 4 nitrogen and oxygen atoms in total. The number of hydrogen-bond acceptors (Lipinski definition) is 3. The molecule has 0 spiro atoms. The zero-order valence-corrected chi connectivity index (χ0v) is 11.7. The summed E-state index contributed by atoms with van der Waals surface area (Å²) in [6.07, 6.45) is 2.95. The molecule has 1 aromatic rings. The fourth-order valence-corrected chi connectivity index (χ4v) is 1.62. The highest BCUT2D eigenvalue weighted by molar-refractivity contribution is 5.53. The maximum absolute atomic E-state index is 6.03. The fraction of sp³-hybridized carbons (Fsp3) is 0.769. The third-order valence-electron chi connectivity index (χ3n) is 2.68. The zero-order valence-electron chi connectivity index (χ0n) is 11.7. The van der Waals surface area contributed by atoms with E-state index in [9.17, 15) is 0 Å². The van der Waals surface area contributed by atoms with Crippen LogP contribution in [-0.4, -0.2) is 16.4 Å². The van der Waals surface area contributed by atoms with Gasteiger partial charge in [-0.2, -0.15) is 5.10 Å². The van der Waals surface area contributed by atoms with Gasteiger partial charge in [-0.15, -0.1) is 0 Å². The quantitative estimate of drug-likeness (QED) is 0.859. The van der Waals surface area contributed by atoms with Gasteiger partial charge in [-0.3, -0.25) is 0 Å². The summed E-state index contributed by atoms with van der Waals surface area (Å²) in [5.74, 6) is 0.706. The van der Waals surface area contributed by atoms with E-state index in [1.807, 2.05) is 7.05 Å². The van der Waals surface area contributed by atoms with Gasteiger partial charge in [0.25, 0.3) is 0 Å². The Morgan fingerprint density at radius 1 is 1.35 bits per heavy atom. The number of ether oxygens (including phenoxy) is 1. The number of nitrogen functional groups attached to an aromatic ring is 1. The minimum absolute atomic E-state index is 0.277. The van der Waals surface area contributed by atoms with Gasteiger partial charge in [0, 0.05) is 7.05 Å². The summed E-state index contributed by atoms with van der Waals surface area (Å²) < 4.78 is 7.49. The normalized spacial score (nSPS) is 11.8. The summed E-state index contributed by atoms with van der Waals surface area (Å²) in [5.41, 5.74) is 7.95.